The van der Waals surface area contributed by atoms with E-state index in [0.29, 0.717) is 0 Å². The molecule has 148 valence electrons. The Hall–Kier alpha value is -0.364. The van der Waals surface area contributed by atoms with E-state index >= 15 is 0 Å². The zero-order valence-electron chi connectivity index (χ0n) is 14.4. The largest absolute Gasteiger partial charge is 2.00 e. The summed E-state index contributed by atoms with van der Waals surface area (Å²) in [4.78, 5) is 60.5. The number of carboxylic acids is 6. The van der Waals surface area contributed by atoms with Crippen LogP contribution in [0, 0.1) is 0 Å². The van der Waals surface area contributed by atoms with Crippen molar-refractivity contribution >= 4 is 73.6 Å². The van der Waals surface area contributed by atoms with Crippen LogP contribution in [0.25, 0.3) is 0 Å². The maximum atomic E-state index is 10.3. The number of carboxylic acid groups (broad SMARTS) is 6. The van der Waals surface area contributed by atoms with Crippen molar-refractivity contribution in [2.75, 3.05) is 0 Å². The average Bonchev–Trinajstić information content (AvgIpc) is 2.34. The third-order valence-corrected chi connectivity index (χ3v) is 2.54. The molecule has 0 aromatic rings. The maximum absolute atomic E-state index is 10.3. The molecule has 0 aromatic carbocycles. The third-order valence-electron chi connectivity index (χ3n) is 2.54. The van der Waals surface area contributed by atoms with Crippen LogP contribution >= 0.6 is 0 Å². The van der Waals surface area contributed by atoms with Gasteiger partial charge in [0, 0.05) is 24.8 Å². The summed E-state index contributed by atoms with van der Waals surface area (Å²) in [5.41, 5.74) is -5.71. The van der Waals surface area contributed by atoms with Crippen LogP contribution in [0.15, 0.2) is 0 Å². The molecular weight excluding hydrogens is 447 g/mol. The first-order valence-electron chi connectivity index (χ1n) is 6.28. The molecule has 0 fully saturated rings. The molecule has 0 rings (SSSR count). The SMILES string of the molecule is O=C(O)CC(O)(CC(=O)O)C(=O)O.O=C([O-])CC(O)(CC(=O)[O-])C(=O)[O-].[Ca+2].[K+]. The summed E-state index contributed by atoms with van der Waals surface area (Å²) in [7, 11) is 0. The molecule has 0 spiro atoms. The molecule has 0 aliphatic carbocycles. The van der Waals surface area contributed by atoms with Gasteiger partial charge in [-0.2, -0.15) is 0 Å². The molecule has 0 heterocycles. The van der Waals surface area contributed by atoms with Gasteiger partial charge < -0.3 is 55.2 Å². The van der Waals surface area contributed by atoms with Gasteiger partial charge >= 0.3 is 107 Å². The quantitative estimate of drug-likeness (QED) is 0.189. The summed E-state index contributed by atoms with van der Waals surface area (Å²) in [5, 5.41) is 72.7. The van der Waals surface area contributed by atoms with Crippen molar-refractivity contribution in [3.05, 3.63) is 0 Å². The fourth-order valence-electron chi connectivity index (χ4n) is 1.40. The first-order chi connectivity index (χ1) is 11.6. The number of carbonyl (C=O) groups is 6. The Morgan fingerprint density at radius 2 is 0.929 bits per heavy atom. The number of rotatable bonds is 10. The normalized spacial score (nSPS) is 10.1. The first-order valence-corrected chi connectivity index (χ1v) is 6.28. The number of hydrogen-bond acceptors (Lipinski definition) is 11. The maximum Gasteiger partial charge on any atom is 2.00 e. The van der Waals surface area contributed by atoms with Crippen molar-refractivity contribution < 1.29 is 121 Å². The van der Waals surface area contributed by atoms with Crippen molar-refractivity contribution in [2.45, 2.75) is 36.9 Å². The van der Waals surface area contributed by atoms with E-state index in [-0.39, 0.29) is 89.1 Å². The number of hydrogen-bond donors (Lipinski definition) is 5. The topological polar surface area (TPSA) is 273 Å². The van der Waals surface area contributed by atoms with Crippen molar-refractivity contribution in [3.63, 3.8) is 0 Å². The molecular formula is C12H13CaKO14. The Bertz CT molecular complexity index is 519. The number of aliphatic carboxylic acids is 6. The van der Waals surface area contributed by atoms with Gasteiger partial charge in [-0.25, -0.2) is 4.79 Å². The standard InChI is InChI=1S/2C6H8O7.Ca.K/c2*7-3(8)1-6(13,5(11)12)2-4(9)10;;/h2*13H,1-2H2,(H,7,8)(H,9,10)(H,11,12);;/q;;+2;+1/p-3. The summed E-state index contributed by atoms with van der Waals surface area (Å²) in [6.45, 7) is 0. The molecule has 28 heavy (non-hydrogen) atoms. The smallest absolute Gasteiger partial charge is 0.550 e. The molecule has 0 unspecified atom stereocenters. The van der Waals surface area contributed by atoms with Crippen LogP contribution in [-0.2, 0) is 28.8 Å². The van der Waals surface area contributed by atoms with E-state index in [1.807, 2.05) is 0 Å². The van der Waals surface area contributed by atoms with Gasteiger partial charge in [-0.3, -0.25) is 9.59 Å². The van der Waals surface area contributed by atoms with E-state index in [1.165, 1.54) is 0 Å². The Morgan fingerprint density at radius 3 is 1.07 bits per heavy atom. The van der Waals surface area contributed by atoms with Gasteiger partial charge in [0.25, 0.3) is 0 Å². The van der Waals surface area contributed by atoms with E-state index in [0.717, 1.165) is 0 Å². The van der Waals surface area contributed by atoms with E-state index in [1.54, 1.807) is 0 Å². The summed E-state index contributed by atoms with van der Waals surface area (Å²) in [5.74, 6) is -11.0. The number of carbonyl (C=O) groups excluding carboxylic acids is 3. The van der Waals surface area contributed by atoms with Gasteiger partial charge in [-0.1, -0.05) is 0 Å². The second-order valence-corrected chi connectivity index (χ2v) is 4.89. The molecule has 0 aromatic heterocycles. The zero-order chi connectivity index (χ0) is 21.3. The summed E-state index contributed by atoms with van der Waals surface area (Å²) in [6, 6.07) is 0. The molecule has 0 saturated carbocycles. The molecule has 0 bridgehead atoms. The molecule has 0 aliphatic rings. The van der Waals surface area contributed by atoms with E-state index in [9.17, 15) is 44.1 Å². The van der Waals surface area contributed by atoms with Crippen molar-refractivity contribution in [2.24, 2.45) is 0 Å². The second kappa shape index (κ2) is 15.5. The monoisotopic (exact) mass is 460 g/mol. The molecule has 0 radical (unpaired) electrons. The Balaban J connectivity index is -0.000000192. The van der Waals surface area contributed by atoms with Gasteiger partial charge in [-0.05, 0) is 0 Å². The fourth-order valence-corrected chi connectivity index (χ4v) is 1.40. The van der Waals surface area contributed by atoms with E-state index in [2.05, 4.69) is 0 Å². The zero-order valence-corrected chi connectivity index (χ0v) is 19.8. The minimum absolute atomic E-state index is 0. The Morgan fingerprint density at radius 1 is 0.643 bits per heavy atom. The molecule has 14 nitrogen and oxygen atoms in total. The summed E-state index contributed by atoms with van der Waals surface area (Å²) in [6.07, 6.45) is -5.00. The summed E-state index contributed by atoms with van der Waals surface area (Å²) >= 11 is 0. The number of aliphatic hydroxyl groups is 2. The average molecular weight is 460 g/mol. The predicted octanol–water partition coefficient (Wildman–Crippen LogP) is -9.88. The first kappa shape index (κ1) is 35.1. The van der Waals surface area contributed by atoms with Crippen molar-refractivity contribution in [1.82, 2.24) is 0 Å². The van der Waals surface area contributed by atoms with Gasteiger partial charge in [0.2, 0.25) is 0 Å². The Kier molecular flexibility index (Phi) is 19.4. The van der Waals surface area contributed by atoms with E-state index < -0.39 is 72.7 Å². The minimum atomic E-state index is -2.97. The van der Waals surface area contributed by atoms with Crippen LogP contribution in [0.3, 0.4) is 0 Å². The van der Waals surface area contributed by atoms with Crippen LogP contribution in [0.2, 0.25) is 0 Å². The molecule has 0 amide bonds. The third kappa shape index (κ3) is 15.5. The van der Waals surface area contributed by atoms with Crippen molar-refractivity contribution in [3.8, 4) is 0 Å². The van der Waals surface area contributed by atoms with Gasteiger partial charge in [0.1, 0.15) is 5.60 Å². The Labute approximate surface area is 228 Å². The molecule has 0 aliphatic heterocycles. The molecule has 0 atom stereocenters. The predicted molar refractivity (Wildman–Crippen MR) is 72.1 cm³/mol. The van der Waals surface area contributed by atoms with Gasteiger partial charge in [-0.15, -0.1) is 0 Å². The second-order valence-electron chi connectivity index (χ2n) is 4.89. The van der Waals surface area contributed by atoms with Crippen LogP contribution in [0.1, 0.15) is 25.7 Å². The van der Waals surface area contributed by atoms with Crippen LogP contribution in [0.5, 0.6) is 0 Å². The molecule has 0 saturated heterocycles. The molecule has 5 N–H and O–H groups in total. The van der Waals surface area contributed by atoms with Crippen LogP contribution in [-0.4, -0.2) is 110 Å². The fraction of sp³-hybridized carbons (Fsp3) is 0.500. The molecule has 16 heteroatoms. The summed E-state index contributed by atoms with van der Waals surface area (Å²) < 4.78 is 0. The van der Waals surface area contributed by atoms with Gasteiger partial charge in [0.05, 0.1) is 18.8 Å². The van der Waals surface area contributed by atoms with E-state index in [4.69, 9.17) is 25.5 Å². The van der Waals surface area contributed by atoms with Crippen molar-refractivity contribution in [1.29, 1.82) is 0 Å². The minimum Gasteiger partial charge on any atom is -0.550 e. The van der Waals surface area contributed by atoms with Crippen LogP contribution < -0.4 is 66.7 Å². The van der Waals surface area contributed by atoms with Gasteiger partial charge in [0.15, 0.2) is 5.60 Å². The van der Waals surface area contributed by atoms with Crippen LogP contribution in [0.4, 0.5) is 0 Å².